The van der Waals surface area contributed by atoms with E-state index in [0.29, 0.717) is 12.3 Å². The minimum Gasteiger partial charge on any atom is -0.399 e. The highest BCUT2D eigenvalue weighted by Crippen LogP contribution is 2.18. The van der Waals surface area contributed by atoms with Gasteiger partial charge in [-0.15, -0.1) is 11.8 Å². The topological polar surface area (TPSA) is 55.1 Å². The van der Waals surface area contributed by atoms with Crippen molar-refractivity contribution in [2.45, 2.75) is 18.4 Å². The van der Waals surface area contributed by atoms with E-state index in [1.807, 2.05) is 55.5 Å². The number of benzene rings is 2. The quantitative estimate of drug-likeness (QED) is 0.656. The van der Waals surface area contributed by atoms with Crippen LogP contribution >= 0.6 is 11.8 Å². The predicted octanol–water partition coefficient (Wildman–Crippen LogP) is 2.99. The van der Waals surface area contributed by atoms with E-state index in [1.165, 1.54) is 17.3 Å². The molecule has 2 rings (SSSR count). The van der Waals surface area contributed by atoms with Gasteiger partial charge in [0.2, 0.25) is 5.91 Å². The van der Waals surface area contributed by atoms with Gasteiger partial charge >= 0.3 is 0 Å². The second kappa shape index (κ2) is 7.01. The second-order valence-corrected chi connectivity index (χ2v) is 5.67. The third-order valence-corrected chi connectivity index (χ3v) is 3.87. The summed E-state index contributed by atoms with van der Waals surface area (Å²) in [5.74, 6) is 0.447. The molecule has 104 valence electrons. The summed E-state index contributed by atoms with van der Waals surface area (Å²) in [7, 11) is 0. The van der Waals surface area contributed by atoms with Crippen LogP contribution in [0, 0.1) is 6.92 Å². The number of thioether (sulfide) groups is 1. The number of nitrogens with one attached hydrogen (secondary N) is 1. The zero-order valence-electron chi connectivity index (χ0n) is 11.4. The number of carbonyl (C=O) groups excluding carboxylic acids is 1. The summed E-state index contributed by atoms with van der Waals surface area (Å²) >= 11 is 1.51. The Morgan fingerprint density at radius 1 is 1.10 bits per heavy atom. The molecule has 0 atom stereocenters. The number of aryl methyl sites for hydroxylation is 1. The molecule has 0 fully saturated rings. The van der Waals surface area contributed by atoms with E-state index in [9.17, 15) is 4.79 Å². The molecule has 4 heteroatoms. The van der Waals surface area contributed by atoms with Crippen LogP contribution in [0.1, 0.15) is 11.1 Å². The van der Waals surface area contributed by atoms with Crippen molar-refractivity contribution >= 4 is 23.4 Å². The van der Waals surface area contributed by atoms with Gasteiger partial charge in [-0.25, -0.2) is 0 Å². The van der Waals surface area contributed by atoms with Crippen LogP contribution in [0.2, 0.25) is 0 Å². The molecule has 0 unspecified atom stereocenters. The van der Waals surface area contributed by atoms with Gasteiger partial charge in [0.1, 0.15) is 0 Å². The van der Waals surface area contributed by atoms with Gasteiger partial charge in [0.15, 0.2) is 0 Å². The third-order valence-electron chi connectivity index (χ3n) is 2.86. The van der Waals surface area contributed by atoms with Crippen molar-refractivity contribution < 1.29 is 4.79 Å². The van der Waals surface area contributed by atoms with Crippen molar-refractivity contribution in [2.75, 3.05) is 11.5 Å². The average molecular weight is 286 g/mol. The van der Waals surface area contributed by atoms with Crippen molar-refractivity contribution in [1.82, 2.24) is 5.32 Å². The Kier molecular flexibility index (Phi) is 5.07. The molecule has 0 heterocycles. The van der Waals surface area contributed by atoms with Gasteiger partial charge in [0, 0.05) is 17.1 Å². The van der Waals surface area contributed by atoms with Crippen LogP contribution in [0.25, 0.3) is 0 Å². The maximum atomic E-state index is 11.8. The highest BCUT2D eigenvalue weighted by molar-refractivity contribution is 8.00. The number of nitrogens with two attached hydrogens (primary N) is 1. The van der Waals surface area contributed by atoms with Gasteiger partial charge in [0.25, 0.3) is 0 Å². The van der Waals surface area contributed by atoms with Crippen LogP contribution < -0.4 is 11.1 Å². The average Bonchev–Trinajstić information content (AvgIpc) is 2.46. The van der Waals surface area contributed by atoms with E-state index < -0.39 is 0 Å². The lowest BCUT2D eigenvalue weighted by Crippen LogP contribution is -2.24. The molecule has 0 radical (unpaired) electrons. The first-order valence-corrected chi connectivity index (χ1v) is 7.42. The summed E-state index contributed by atoms with van der Waals surface area (Å²) in [6.45, 7) is 2.62. The molecule has 0 spiro atoms. The van der Waals surface area contributed by atoms with Gasteiger partial charge in [-0.1, -0.05) is 29.8 Å². The molecule has 0 aliphatic heterocycles. The lowest BCUT2D eigenvalue weighted by Gasteiger charge is -2.06. The first-order valence-electron chi connectivity index (χ1n) is 6.44. The SMILES string of the molecule is Cc1ccc(CNC(=O)CSc2ccc(N)cc2)cc1. The van der Waals surface area contributed by atoms with Crippen molar-refractivity contribution in [3.8, 4) is 0 Å². The van der Waals surface area contributed by atoms with E-state index in [2.05, 4.69) is 5.32 Å². The van der Waals surface area contributed by atoms with Gasteiger partial charge in [-0.3, -0.25) is 4.79 Å². The lowest BCUT2D eigenvalue weighted by molar-refractivity contribution is -0.118. The number of carbonyl (C=O) groups is 1. The van der Waals surface area contributed by atoms with Crippen molar-refractivity contribution in [3.63, 3.8) is 0 Å². The molecule has 0 aliphatic rings. The van der Waals surface area contributed by atoms with E-state index in [0.717, 1.165) is 16.1 Å². The number of hydrogen-bond donors (Lipinski definition) is 2. The summed E-state index contributed by atoms with van der Waals surface area (Å²) in [4.78, 5) is 12.8. The highest BCUT2D eigenvalue weighted by Gasteiger charge is 2.03. The summed E-state index contributed by atoms with van der Waals surface area (Å²) in [5.41, 5.74) is 8.68. The molecule has 3 nitrogen and oxygen atoms in total. The smallest absolute Gasteiger partial charge is 0.230 e. The largest absolute Gasteiger partial charge is 0.399 e. The summed E-state index contributed by atoms with van der Waals surface area (Å²) in [5, 5.41) is 2.92. The molecule has 3 N–H and O–H groups in total. The zero-order chi connectivity index (χ0) is 14.4. The number of anilines is 1. The first kappa shape index (κ1) is 14.5. The Labute approximate surface area is 123 Å². The van der Waals surface area contributed by atoms with Gasteiger partial charge in [-0.2, -0.15) is 0 Å². The van der Waals surface area contributed by atoms with E-state index in [1.54, 1.807) is 0 Å². The number of hydrogen-bond acceptors (Lipinski definition) is 3. The summed E-state index contributed by atoms with van der Waals surface area (Å²) in [6, 6.07) is 15.7. The molecular formula is C16H18N2OS. The monoisotopic (exact) mass is 286 g/mol. The standard InChI is InChI=1S/C16H18N2OS/c1-12-2-4-13(5-3-12)10-18-16(19)11-20-15-8-6-14(17)7-9-15/h2-9H,10-11,17H2,1H3,(H,18,19). The number of nitrogen functional groups attached to an aromatic ring is 1. The number of amides is 1. The van der Waals surface area contributed by atoms with Crippen LogP contribution in [0.3, 0.4) is 0 Å². The molecule has 1 amide bonds. The van der Waals surface area contributed by atoms with Crippen LogP contribution in [-0.4, -0.2) is 11.7 Å². The molecule has 2 aromatic carbocycles. The van der Waals surface area contributed by atoms with Gasteiger partial charge in [0.05, 0.1) is 5.75 Å². The lowest BCUT2D eigenvalue weighted by atomic mass is 10.1. The molecule has 2 aromatic rings. The fourth-order valence-corrected chi connectivity index (χ4v) is 2.40. The maximum Gasteiger partial charge on any atom is 0.230 e. The zero-order valence-corrected chi connectivity index (χ0v) is 12.2. The molecule has 0 saturated heterocycles. The fraction of sp³-hybridized carbons (Fsp3) is 0.188. The molecular weight excluding hydrogens is 268 g/mol. The molecule has 20 heavy (non-hydrogen) atoms. The molecule has 0 bridgehead atoms. The van der Waals surface area contributed by atoms with E-state index >= 15 is 0 Å². The van der Waals surface area contributed by atoms with Crippen molar-refractivity contribution in [2.24, 2.45) is 0 Å². The van der Waals surface area contributed by atoms with Crippen molar-refractivity contribution in [1.29, 1.82) is 0 Å². The minimum atomic E-state index is 0.0346. The van der Waals surface area contributed by atoms with Crippen molar-refractivity contribution in [3.05, 3.63) is 59.7 Å². The fourth-order valence-electron chi connectivity index (χ4n) is 1.67. The minimum absolute atomic E-state index is 0.0346. The first-order chi connectivity index (χ1) is 9.63. The third kappa shape index (κ3) is 4.63. The number of rotatable bonds is 5. The summed E-state index contributed by atoms with van der Waals surface area (Å²) in [6.07, 6.45) is 0. The Hall–Kier alpha value is -1.94. The Bertz CT molecular complexity index is 513. The van der Waals surface area contributed by atoms with Gasteiger partial charge < -0.3 is 11.1 Å². The predicted molar refractivity (Wildman–Crippen MR) is 84.6 cm³/mol. The van der Waals surface area contributed by atoms with E-state index in [-0.39, 0.29) is 5.91 Å². The van der Waals surface area contributed by atoms with Crippen LogP contribution in [0.5, 0.6) is 0 Å². The Morgan fingerprint density at radius 3 is 2.40 bits per heavy atom. The Morgan fingerprint density at radius 2 is 1.75 bits per heavy atom. The molecule has 0 saturated carbocycles. The second-order valence-electron chi connectivity index (χ2n) is 4.62. The Balaban J connectivity index is 1.75. The van der Waals surface area contributed by atoms with Crippen LogP contribution in [0.15, 0.2) is 53.4 Å². The molecule has 0 aliphatic carbocycles. The normalized spacial score (nSPS) is 10.2. The van der Waals surface area contributed by atoms with Crippen LogP contribution in [-0.2, 0) is 11.3 Å². The highest BCUT2D eigenvalue weighted by atomic mass is 32.2. The van der Waals surface area contributed by atoms with Gasteiger partial charge in [-0.05, 0) is 36.8 Å². The molecule has 0 aromatic heterocycles. The summed E-state index contributed by atoms with van der Waals surface area (Å²) < 4.78 is 0. The maximum absolute atomic E-state index is 11.8. The van der Waals surface area contributed by atoms with E-state index in [4.69, 9.17) is 5.73 Å². The van der Waals surface area contributed by atoms with Crippen LogP contribution in [0.4, 0.5) is 5.69 Å².